The summed E-state index contributed by atoms with van der Waals surface area (Å²) in [4.78, 5) is 12.0. The van der Waals surface area contributed by atoms with Gasteiger partial charge in [-0.15, -0.1) is 0 Å². The minimum Gasteiger partial charge on any atom is -0.344 e. The van der Waals surface area contributed by atoms with E-state index in [1.165, 1.54) is 6.07 Å². The quantitative estimate of drug-likeness (QED) is 0.756. The third-order valence-corrected chi connectivity index (χ3v) is 3.48. The van der Waals surface area contributed by atoms with E-state index in [4.69, 9.17) is 11.6 Å². The van der Waals surface area contributed by atoms with Gasteiger partial charge in [-0.05, 0) is 31.9 Å². The first kappa shape index (κ1) is 14.1. The van der Waals surface area contributed by atoms with Gasteiger partial charge >= 0.3 is 0 Å². The fourth-order valence-corrected chi connectivity index (χ4v) is 2.29. The van der Waals surface area contributed by atoms with Gasteiger partial charge in [0.05, 0.1) is 10.5 Å². The molecule has 0 N–H and O–H groups in total. The zero-order valence-electron chi connectivity index (χ0n) is 11.3. The van der Waals surface area contributed by atoms with E-state index in [1.807, 2.05) is 24.6 Å². The zero-order chi connectivity index (χ0) is 14.2. The second kappa shape index (κ2) is 5.33. The lowest BCUT2D eigenvalue weighted by Gasteiger charge is -2.11. The summed E-state index contributed by atoms with van der Waals surface area (Å²) >= 11 is 5.79. The Morgan fingerprint density at radius 3 is 2.53 bits per heavy atom. The van der Waals surface area contributed by atoms with E-state index in [2.05, 4.69) is 0 Å². The summed E-state index contributed by atoms with van der Waals surface area (Å²) in [7, 11) is 0. The van der Waals surface area contributed by atoms with Gasteiger partial charge in [0.1, 0.15) is 5.82 Å². The summed E-state index contributed by atoms with van der Waals surface area (Å²) in [6, 6.07) is 3.22. The van der Waals surface area contributed by atoms with Crippen molar-refractivity contribution in [3.8, 4) is 0 Å². The summed E-state index contributed by atoms with van der Waals surface area (Å²) in [6.07, 6.45) is 4.05. The smallest absolute Gasteiger partial charge is 0.192 e. The fraction of sp³-hybridized carbons (Fsp3) is 0.400. The monoisotopic (exact) mass is 281 g/mol. The largest absolute Gasteiger partial charge is 0.344 e. The first-order chi connectivity index (χ1) is 9.08. The van der Waals surface area contributed by atoms with Gasteiger partial charge in [0.25, 0.3) is 0 Å². The van der Waals surface area contributed by atoms with Crippen LogP contribution in [0.1, 0.15) is 38.3 Å². The number of rotatable bonds is 1. The van der Waals surface area contributed by atoms with Crippen LogP contribution in [0.15, 0.2) is 23.1 Å². The van der Waals surface area contributed by atoms with Crippen LogP contribution < -0.4 is 5.43 Å². The predicted molar refractivity (Wildman–Crippen MR) is 77.5 cm³/mol. The Kier molecular flexibility index (Phi) is 3.95. The number of hydrogen-bond acceptors (Lipinski definition) is 1. The van der Waals surface area contributed by atoms with Crippen molar-refractivity contribution < 1.29 is 4.39 Å². The normalized spacial score (nSPS) is 14.2. The van der Waals surface area contributed by atoms with Crippen molar-refractivity contribution in [2.75, 3.05) is 0 Å². The average molecular weight is 282 g/mol. The molecule has 102 valence electrons. The molecule has 0 spiro atoms. The molecule has 1 saturated carbocycles. The Bertz CT molecular complexity index is 674. The van der Waals surface area contributed by atoms with Crippen LogP contribution in [0.4, 0.5) is 4.39 Å². The molecule has 1 aliphatic rings. The Labute approximate surface area is 116 Å². The highest BCUT2D eigenvalue weighted by Crippen LogP contribution is 2.37. The molecule has 1 fully saturated rings. The van der Waals surface area contributed by atoms with Gasteiger partial charge in [0, 0.05) is 23.2 Å². The van der Waals surface area contributed by atoms with Crippen LogP contribution in [0.25, 0.3) is 10.9 Å². The van der Waals surface area contributed by atoms with Gasteiger partial charge in [-0.2, -0.15) is 0 Å². The van der Waals surface area contributed by atoms with Gasteiger partial charge in [0.15, 0.2) is 5.43 Å². The van der Waals surface area contributed by atoms with Gasteiger partial charge in [0.2, 0.25) is 0 Å². The number of benzene rings is 1. The number of nitrogens with zero attached hydrogens (tertiary/aromatic N) is 1. The lowest BCUT2D eigenvalue weighted by atomic mass is 10.1. The minimum absolute atomic E-state index is 0.0650. The minimum atomic E-state index is -0.538. The molecule has 0 unspecified atom stereocenters. The number of aromatic nitrogens is 1. The molecule has 0 aliphatic heterocycles. The van der Waals surface area contributed by atoms with E-state index >= 15 is 0 Å². The molecule has 1 aromatic heterocycles. The lowest BCUT2D eigenvalue weighted by Crippen LogP contribution is -2.12. The van der Waals surface area contributed by atoms with Gasteiger partial charge in [-0.3, -0.25) is 4.79 Å². The predicted octanol–water partition coefficient (Wildman–Crippen LogP) is 4.46. The van der Waals surface area contributed by atoms with E-state index in [9.17, 15) is 9.18 Å². The van der Waals surface area contributed by atoms with Crippen LogP contribution in [0, 0.1) is 12.7 Å². The van der Waals surface area contributed by atoms with Gasteiger partial charge in [-0.1, -0.05) is 25.4 Å². The molecule has 1 aromatic carbocycles. The van der Waals surface area contributed by atoms with E-state index in [0.717, 1.165) is 18.4 Å². The van der Waals surface area contributed by atoms with Crippen molar-refractivity contribution in [1.82, 2.24) is 4.57 Å². The topological polar surface area (TPSA) is 22.0 Å². The Morgan fingerprint density at radius 2 is 1.95 bits per heavy atom. The van der Waals surface area contributed by atoms with Crippen LogP contribution in [0.3, 0.4) is 0 Å². The summed E-state index contributed by atoms with van der Waals surface area (Å²) in [5.74, 6) is -0.538. The van der Waals surface area contributed by atoms with Crippen LogP contribution >= 0.6 is 11.6 Å². The second-order valence-electron chi connectivity index (χ2n) is 4.56. The van der Waals surface area contributed by atoms with Crippen LogP contribution in [0.2, 0.25) is 5.02 Å². The van der Waals surface area contributed by atoms with E-state index < -0.39 is 5.82 Å². The Morgan fingerprint density at radius 1 is 1.32 bits per heavy atom. The lowest BCUT2D eigenvalue weighted by molar-refractivity contribution is 0.629. The Hall–Kier alpha value is -1.35. The molecular formula is C15H17ClFNO. The highest BCUT2D eigenvalue weighted by atomic mass is 35.5. The van der Waals surface area contributed by atoms with Crippen molar-refractivity contribution in [2.45, 2.75) is 39.7 Å². The molecule has 19 heavy (non-hydrogen) atoms. The van der Waals surface area contributed by atoms with Crippen LogP contribution in [-0.2, 0) is 0 Å². The number of hydrogen-bond donors (Lipinski definition) is 0. The number of halogens is 2. The fourth-order valence-electron chi connectivity index (χ4n) is 2.14. The van der Waals surface area contributed by atoms with Crippen molar-refractivity contribution in [2.24, 2.45) is 0 Å². The third kappa shape index (κ3) is 2.52. The molecule has 2 aromatic rings. The second-order valence-corrected chi connectivity index (χ2v) is 4.97. The average Bonchev–Trinajstić information content (AvgIpc) is 3.23. The Balaban J connectivity index is 0.000000637. The maximum Gasteiger partial charge on any atom is 0.192 e. The summed E-state index contributed by atoms with van der Waals surface area (Å²) in [5, 5.41) is 0.481. The van der Waals surface area contributed by atoms with E-state index in [0.29, 0.717) is 17.0 Å². The molecule has 0 radical (unpaired) electrons. The standard InChI is InChI=1S/C13H11ClFNO.C2H6/c1-7-6-16(8-2-3-8)12-5-10(14)11(15)4-9(12)13(7)17;1-2/h4-6,8H,2-3H2,1H3;1-2H3. The summed E-state index contributed by atoms with van der Waals surface area (Å²) in [6.45, 7) is 5.76. The SMILES string of the molecule is CC.Cc1cn(C2CC2)c2cc(Cl)c(F)cc2c1=O. The highest BCUT2D eigenvalue weighted by molar-refractivity contribution is 6.31. The van der Waals surface area contributed by atoms with E-state index in [1.54, 1.807) is 13.0 Å². The molecule has 0 amide bonds. The maximum absolute atomic E-state index is 13.4. The molecule has 2 nitrogen and oxygen atoms in total. The van der Waals surface area contributed by atoms with Crippen molar-refractivity contribution in [3.05, 3.63) is 45.0 Å². The molecule has 3 rings (SSSR count). The van der Waals surface area contributed by atoms with Crippen LogP contribution in [-0.4, -0.2) is 4.57 Å². The first-order valence-electron chi connectivity index (χ1n) is 6.58. The van der Waals surface area contributed by atoms with Crippen molar-refractivity contribution in [3.63, 3.8) is 0 Å². The molecule has 4 heteroatoms. The molecule has 1 aliphatic carbocycles. The highest BCUT2D eigenvalue weighted by Gasteiger charge is 2.25. The van der Waals surface area contributed by atoms with Gasteiger partial charge in [-0.25, -0.2) is 4.39 Å². The first-order valence-corrected chi connectivity index (χ1v) is 6.96. The van der Waals surface area contributed by atoms with Crippen LogP contribution in [0.5, 0.6) is 0 Å². The van der Waals surface area contributed by atoms with Crippen molar-refractivity contribution in [1.29, 1.82) is 0 Å². The molecule has 0 saturated heterocycles. The molecular weight excluding hydrogens is 265 g/mol. The van der Waals surface area contributed by atoms with Gasteiger partial charge < -0.3 is 4.57 Å². The molecule has 0 bridgehead atoms. The maximum atomic E-state index is 13.4. The number of aryl methyl sites for hydroxylation is 1. The number of pyridine rings is 1. The van der Waals surface area contributed by atoms with Crippen molar-refractivity contribution >= 4 is 22.5 Å². The summed E-state index contributed by atoms with van der Waals surface area (Å²) < 4.78 is 15.5. The molecule has 1 heterocycles. The molecule has 0 atom stereocenters. The van der Waals surface area contributed by atoms with E-state index in [-0.39, 0.29) is 10.5 Å². The third-order valence-electron chi connectivity index (χ3n) is 3.19. The zero-order valence-corrected chi connectivity index (χ0v) is 12.1. The number of fused-ring (bicyclic) bond motifs is 1. The summed E-state index contributed by atoms with van der Waals surface area (Å²) in [5.41, 5.74) is 1.26.